The van der Waals surface area contributed by atoms with E-state index in [9.17, 15) is 9.90 Å². The molecule has 1 amide bonds. The van der Waals surface area contributed by atoms with E-state index in [2.05, 4.69) is 16.0 Å². The third-order valence-corrected chi connectivity index (χ3v) is 6.34. The summed E-state index contributed by atoms with van der Waals surface area (Å²) < 4.78 is 0. The summed E-state index contributed by atoms with van der Waals surface area (Å²) >= 11 is 0. The van der Waals surface area contributed by atoms with Crippen LogP contribution in [0.1, 0.15) is 32.3 Å². The third kappa shape index (κ3) is 3.46. The molecule has 0 spiro atoms. The number of rotatable bonds is 4. The summed E-state index contributed by atoms with van der Waals surface area (Å²) in [7, 11) is 0. The summed E-state index contributed by atoms with van der Waals surface area (Å²) in [6, 6.07) is 10.1. The molecule has 5 nitrogen and oxygen atoms in total. The van der Waals surface area contributed by atoms with Crippen LogP contribution in [-0.4, -0.2) is 63.6 Å². The molecule has 2 aliphatic heterocycles. The van der Waals surface area contributed by atoms with Crippen LogP contribution in [-0.2, 0) is 11.2 Å². The fourth-order valence-electron chi connectivity index (χ4n) is 4.63. The van der Waals surface area contributed by atoms with Gasteiger partial charge in [0.15, 0.2) is 0 Å². The lowest BCUT2D eigenvalue weighted by Crippen LogP contribution is -2.54. The van der Waals surface area contributed by atoms with Gasteiger partial charge >= 0.3 is 0 Å². The molecular formula is C22H29N3O2. The van der Waals surface area contributed by atoms with E-state index in [0.717, 1.165) is 43.3 Å². The molecule has 2 aliphatic rings. The first-order valence-electron chi connectivity index (χ1n) is 10.0. The number of hydrogen-bond acceptors (Lipinski definition) is 4. The van der Waals surface area contributed by atoms with Crippen molar-refractivity contribution in [2.75, 3.05) is 26.2 Å². The average molecular weight is 367 g/mol. The molecule has 144 valence electrons. The Balaban J connectivity index is 1.49. The highest BCUT2D eigenvalue weighted by Crippen LogP contribution is 2.29. The molecule has 1 aromatic carbocycles. The molecule has 0 aliphatic carbocycles. The molecule has 5 heteroatoms. The third-order valence-electron chi connectivity index (χ3n) is 6.34. The van der Waals surface area contributed by atoms with Gasteiger partial charge in [0.1, 0.15) is 0 Å². The van der Waals surface area contributed by atoms with E-state index in [4.69, 9.17) is 0 Å². The number of carbonyl (C=O) groups is 1. The standard InChI is InChI=1S/C22H29N3O2/c1-22(2,25-11-5-6-12-25)21(27)24-14-17(20(26)15-24)13-16-9-10-23-19-8-4-3-7-18(16)19/h3-4,7-10,17,20,26H,5-6,11-15H2,1-2H3. The summed E-state index contributed by atoms with van der Waals surface area (Å²) in [4.78, 5) is 21.8. The number of aromatic nitrogens is 1. The van der Waals surface area contributed by atoms with Crippen molar-refractivity contribution in [3.63, 3.8) is 0 Å². The number of likely N-dealkylation sites (tertiary alicyclic amines) is 2. The second-order valence-corrected chi connectivity index (χ2v) is 8.48. The van der Waals surface area contributed by atoms with Gasteiger partial charge in [0, 0.05) is 30.6 Å². The van der Waals surface area contributed by atoms with Crippen LogP contribution >= 0.6 is 0 Å². The molecule has 2 atom stereocenters. The van der Waals surface area contributed by atoms with Crippen molar-refractivity contribution in [3.8, 4) is 0 Å². The normalized spacial score (nSPS) is 24.0. The smallest absolute Gasteiger partial charge is 0.242 e. The number of aliphatic hydroxyl groups is 1. The number of β-amino-alcohol motifs (C(OH)–C–C–N with tert-alkyl or cyclic N) is 1. The van der Waals surface area contributed by atoms with Crippen LogP contribution in [0.15, 0.2) is 36.5 Å². The van der Waals surface area contributed by atoms with Crippen molar-refractivity contribution in [3.05, 3.63) is 42.1 Å². The number of fused-ring (bicyclic) bond motifs is 1. The minimum Gasteiger partial charge on any atom is -0.391 e. The topological polar surface area (TPSA) is 56.7 Å². The summed E-state index contributed by atoms with van der Waals surface area (Å²) in [5.41, 5.74) is 1.68. The first kappa shape index (κ1) is 18.4. The maximum atomic E-state index is 13.2. The molecule has 2 saturated heterocycles. The Morgan fingerprint density at radius 2 is 1.93 bits per heavy atom. The largest absolute Gasteiger partial charge is 0.391 e. The van der Waals surface area contributed by atoms with Crippen LogP contribution in [0.25, 0.3) is 10.9 Å². The van der Waals surface area contributed by atoms with Gasteiger partial charge in [-0.1, -0.05) is 18.2 Å². The fourth-order valence-corrected chi connectivity index (χ4v) is 4.63. The summed E-state index contributed by atoms with van der Waals surface area (Å²) in [6.45, 7) is 7.08. The van der Waals surface area contributed by atoms with Gasteiger partial charge in [-0.15, -0.1) is 0 Å². The highest BCUT2D eigenvalue weighted by molar-refractivity contribution is 5.86. The van der Waals surface area contributed by atoms with Gasteiger partial charge in [-0.25, -0.2) is 0 Å². The first-order chi connectivity index (χ1) is 13.0. The first-order valence-corrected chi connectivity index (χ1v) is 10.0. The molecule has 1 N–H and O–H groups in total. The molecule has 2 aromatic rings. The monoisotopic (exact) mass is 367 g/mol. The lowest BCUT2D eigenvalue weighted by atomic mass is 9.94. The van der Waals surface area contributed by atoms with E-state index in [1.807, 2.05) is 49.2 Å². The Bertz CT molecular complexity index is 824. The maximum Gasteiger partial charge on any atom is 0.242 e. The van der Waals surface area contributed by atoms with Crippen molar-refractivity contribution in [2.24, 2.45) is 5.92 Å². The van der Waals surface area contributed by atoms with E-state index < -0.39 is 11.6 Å². The molecule has 0 bridgehead atoms. The number of nitrogens with zero attached hydrogens (tertiary/aromatic N) is 3. The Kier molecular flexibility index (Phi) is 4.91. The zero-order chi connectivity index (χ0) is 19.0. The van der Waals surface area contributed by atoms with Gasteiger partial charge in [-0.2, -0.15) is 0 Å². The van der Waals surface area contributed by atoms with Crippen LogP contribution in [0, 0.1) is 5.92 Å². The van der Waals surface area contributed by atoms with Gasteiger partial charge in [-0.05, 0) is 63.9 Å². The lowest BCUT2D eigenvalue weighted by Gasteiger charge is -2.37. The van der Waals surface area contributed by atoms with Crippen LogP contribution in [0.4, 0.5) is 0 Å². The number of para-hydroxylation sites is 1. The van der Waals surface area contributed by atoms with Crippen molar-refractivity contribution in [1.29, 1.82) is 0 Å². The minimum atomic E-state index is -0.492. The molecule has 2 fully saturated rings. The number of carbonyl (C=O) groups excluding carboxylic acids is 1. The zero-order valence-electron chi connectivity index (χ0n) is 16.3. The predicted octanol–water partition coefficient (Wildman–Crippen LogP) is 2.47. The lowest BCUT2D eigenvalue weighted by molar-refractivity contribution is -0.141. The van der Waals surface area contributed by atoms with E-state index in [0.29, 0.717) is 13.1 Å². The second kappa shape index (κ2) is 7.21. The van der Waals surface area contributed by atoms with Crippen molar-refractivity contribution < 1.29 is 9.90 Å². The second-order valence-electron chi connectivity index (χ2n) is 8.48. The van der Waals surface area contributed by atoms with Gasteiger partial charge in [-0.3, -0.25) is 14.7 Å². The van der Waals surface area contributed by atoms with Crippen LogP contribution in [0.2, 0.25) is 0 Å². The number of aliphatic hydroxyl groups excluding tert-OH is 1. The Labute approximate surface area is 161 Å². The van der Waals surface area contributed by atoms with Crippen LogP contribution in [0.5, 0.6) is 0 Å². The average Bonchev–Trinajstić information content (AvgIpc) is 3.32. The minimum absolute atomic E-state index is 0.0640. The molecule has 4 rings (SSSR count). The van der Waals surface area contributed by atoms with Crippen molar-refractivity contribution in [1.82, 2.24) is 14.8 Å². The van der Waals surface area contributed by atoms with E-state index in [-0.39, 0.29) is 11.8 Å². The SMILES string of the molecule is CC(C)(C(=O)N1CC(O)C(Cc2ccnc3ccccc23)C1)N1CCCC1. The van der Waals surface area contributed by atoms with Crippen LogP contribution < -0.4 is 0 Å². The summed E-state index contributed by atoms with van der Waals surface area (Å²) in [6.07, 6.45) is 4.44. The Morgan fingerprint density at radius 1 is 1.19 bits per heavy atom. The van der Waals surface area contributed by atoms with Gasteiger partial charge in [0.2, 0.25) is 5.91 Å². The highest BCUT2D eigenvalue weighted by Gasteiger charge is 2.43. The van der Waals surface area contributed by atoms with E-state index in [1.165, 1.54) is 5.56 Å². The Morgan fingerprint density at radius 3 is 2.70 bits per heavy atom. The summed E-state index contributed by atoms with van der Waals surface area (Å²) in [5, 5.41) is 11.8. The molecular weight excluding hydrogens is 338 g/mol. The fraction of sp³-hybridized carbons (Fsp3) is 0.545. The van der Waals surface area contributed by atoms with E-state index >= 15 is 0 Å². The van der Waals surface area contributed by atoms with E-state index in [1.54, 1.807) is 0 Å². The number of benzene rings is 1. The van der Waals surface area contributed by atoms with Crippen LogP contribution in [0.3, 0.4) is 0 Å². The molecule has 3 heterocycles. The molecule has 1 aromatic heterocycles. The molecule has 0 radical (unpaired) electrons. The number of pyridine rings is 1. The van der Waals surface area contributed by atoms with Gasteiger partial charge < -0.3 is 10.0 Å². The molecule has 2 unspecified atom stereocenters. The molecule has 0 saturated carbocycles. The van der Waals surface area contributed by atoms with Gasteiger partial charge in [0.05, 0.1) is 17.2 Å². The number of hydrogen-bond donors (Lipinski definition) is 1. The quantitative estimate of drug-likeness (QED) is 0.902. The highest BCUT2D eigenvalue weighted by atomic mass is 16.3. The predicted molar refractivity (Wildman–Crippen MR) is 106 cm³/mol. The maximum absolute atomic E-state index is 13.2. The van der Waals surface area contributed by atoms with Gasteiger partial charge in [0.25, 0.3) is 0 Å². The van der Waals surface area contributed by atoms with Crippen molar-refractivity contribution >= 4 is 16.8 Å². The molecule has 27 heavy (non-hydrogen) atoms. The Hall–Kier alpha value is -1.98. The summed E-state index contributed by atoms with van der Waals surface area (Å²) in [5.74, 6) is 0.208. The van der Waals surface area contributed by atoms with Crippen molar-refractivity contribution in [2.45, 2.75) is 44.8 Å². The zero-order valence-corrected chi connectivity index (χ0v) is 16.3. The number of amides is 1.